The Hall–Kier alpha value is 1.18. The first kappa shape index (κ1) is 21.5. The van der Waals surface area contributed by atoms with E-state index in [9.17, 15) is 0 Å². The van der Waals surface area contributed by atoms with Crippen molar-refractivity contribution >= 4 is 76.3 Å². The van der Waals surface area contributed by atoms with Gasteiger partial charge in [0.15, 0.2) is 0 Å². The number of piperidine rings is 2. The van der Waals surface area contributed by atoms with Crippen molar-refractivity contribution in [2.45, 2.75) is 51.4 Å². The minimum absolute atomic E-state index is 1.09. The smallest absolute Gasteiger partial charge is 0.147 e. The van der Waals surface area contributed by atoms with Crippen LogP contribution in [0.3, 0.4) is 0 Å². The molecule has 8 heteroatoms. The van der Waals surface area contributed by atoms with Crippen LogP contribution in [0.5, 0.6) is 0 Å². The Kier molecular flexibility index (Phi) is 12.0. The van der Waals surface area contributed by atoms with Gasteiger partial charge in [0.2, 0.25) is 0 Å². The van der Waals surface area contributed by atoms with E-state index < -0.39 is 0 Å². The van der Waals surface area contributed by atoms with E-state index in [1.807, 2.05) is 21.6 Å². The highest BCUT2D eigenvalue weighted by atomic mass is 33.1. The van der Waals surface area contributed by atoms with E-state index in [1.165, 1.54) is 62.9 Å². The normalized spacial score (nSPS) is 18.7. The number of likely N-dealkylation sites (tertiary alicyclic amines) is 2. The maximum Gasteiger partial charge on any atom is 0.147 e. The average molecular weight is 441 g/mol. The van der Waals surface area contributed by atoms with Gasteiger partial charge < -0.3 is 9.80 Å². The fourth-order valence-electron chi connectivity index (χ4n) is 2.76. The minimum atomic E-state index is 1.09. The Morgan fingerprint density at radius 3 is 1.38 bits per heavy atom. The number of hydrogen-bond donors (Lipinski definition) is 0. The largest absolute Gasteiger partial charge is 0.357 e. The van der Waals surface area contributed by atoms with Crippen LogP contribution in [0.4, 0.5) is 0 Å². The van der Waals surface area contributed by atoms with Gasteiger partial charge in [0, 0.05) is 37.7 Å². The maximum atomic E-state index is 5.53. The second kappa shape index (κ2) is 13.4. The van der Waals surface area contributed by atoms with Crippen molar-refractivity contribution in [3.05, 3.63) is 0 Å². The Bertz CT molecular complexity index is 345. The van der Waals surface area contributed by atoms with Crippen molar-refractivity contribution in [3.8, 4) is 0 Å². The lowest BCUT2D eigenvalue weighted by Crippen LogP contribution is -2.32. The van der Waals surface area contributed by atoms with Crippen molar-refractivity contribution in [1.29, 1.82) is 0 Å². The van der Waals surface area contributed by atoms with E-state index in [0.717, 1.165) is 34.8 Å². The van der Waals surface area contributed by atoms with Gasteiger partial charge in [0.05, 0.1) is 0 Å². The Balaban J connectivity index is 1.40. The van der Waals surface area contributed by atoms with Crippen LogP contribution >= 0.6 is 67.6 Å². The topological polar surface area (TPSA) is 6.48 Å². The first-order chi connectivity index (χ1) is 11.8. The molecule has 0 unspecified atom stereocenters. The zero-order valence-corrected chi connectivity index (χ0v) is 19.1. The molecule has 0 bridgehead atoms. The lowest BCUT2D eigenvalue weighted by atomic mass is 10.1. The zero-order valence-electron chi connectivity index (χ0n) is 14.2. The van der Waals surface area contributed by atoms with E-state index >= 15 is 0 Å². The van der Waals surface area contributed by atoms with Crippen LogP contribution in [0.25, 0.3) is 0 Å². The molecule has 2 saturated heterocycles. The van der Waals surface area contributed by atoms with E-state index in [1.54, 1.807) is 21.6 Å². The molecule has 2 aliphatic heterocycles. The summed E-state index contributed by atoms with van der Waals surface area (Å²) < 4.78 is 2.19. The molecule has 0 radical (unpaired) electrons. The standard InChI is InChI=1S/C16H28N2S6/c19-15(17-9-3-1-4-10-17)23-21-13-7-8-14-22-24-16(20)18-11-5-2-6-12-18/h1-14H2. The predicted octanol–water partition coefficient (Wildman–Crippen LogP) is 6.07. The minimum Gasteiger partial charge on any atom is -0.357 e. The molecule has 0 amide bonds. The van der Waals surface area contributed by atoms with Crippen molar-refractivity contribution in [1.82, 2.24) is 9.80 Å². The summed E-state index contributed by atoms with van der Waals surface area (Å²) in [5.74, 6) is 2.39. The average Bonchev–Trinajstić information content (AvgIpc) is 2.65. The molecule has 0 atom stereocenters. The van der Waals surface area contributed by atoms with Gasteiger partial charge in [-0.3, -0.25) is 0 Å². The molecule has 0 aliphatic carbocycles. The van der Waals surface area contributed by atoms with Crippen molar-refractivity contribution in [3.63, 3.8) is 0 Å². The molecular formula is C16H28N2S6. The van der Waals surface area contributed by atoms with Crippen LogP contribution in [-0.2, 0) is 0 Å². The van der Waals surface area contributed by atoms with E-state index in [2.05, 4.69) is 9.80 Å². The molecule has 2 aliphatic rings. The second-order valence-electron chi connectivity index (χ2n) is 6.14. The molecule has 2 nitrogen and oxygen atoms in total. The van der Waals surface area contributed by atoms with Gasteiger partial charge in [-0.15, -0.1) is 0 Å². The number of thiocarbonyl (C=S) groups is 2. The fourth-order valence-corrected chi connectivity index (χ4v) is 8.03. The van der Waals surface area contributed by atoms with Crippen LogP contribution in [-0.4, -0.2) is 56.1 Å². The number of nitrogens with zero attached hydrogens (tertiary/aromatic N) is 2. The van der Waals surface area contributed by atoms with Gasteiger partial charge in [0.25, 0.3) is 0 Å². The third-order valence-corrected chi connectivity index (χ3v) is 10.4. The highest BCUT2D eigenvalue weighted by molar-refractivity contribution is 8.84. The highest BCUT2D eigenvalue weighted by Crippen LogP contribution is 2.30. The lowest BCUT2D eigenvalue weighted by molar-refractivity contribution is 0.352. The van der Waals surface area contributed by atoms with Crippen LogP contribution < -0.4 is 0 Å². The Labute approximate surface area is 174 Å². The van der Waals surface area contributed by atoms with Crippen LogP contribution in [0.15, 0.2) is 0 Å². The Morgan fingerprint density at radius 2 is 1.00 bits per heavy atom. The molecule has 24 heavy (non-hydrogen) atoms. The summed E-state index contributed by atoms with van der Waals surface area (Å²) in [6.45, 7) is 4.66. The van der Waals surface area contributed by atoms with E-state index in [4.69, 9.17) is 24.4 Å². The molecular weight excluding hydrogens is 413 g/mol. The highest BCUT2D eigenvalue weighted by Gasteiger charge is 2.14. The molecule has 0 N–H and O–H groups in total. The zero-order chi connectivity index (χ0) is 17.0. The van der Waals surface area contributed by atoms with Gasteiger partial charge >= 0.3 is 0 Å². The summed E-state index contributed by atoms with van der Waals surface area (Å²) in [4.78, 5) is 4.76. The molecule has 2 rings (SSSR count). The fraction of sp³-hybridized carbons (Fsp3) is 0.875. The van der Waals surface area contributed by atoms with Gasteiger partial charge in [-0.25, -0.2) is 0 Å². The first-order valence-corrected chi connectivity index (χ1v) is 14.4. The number of rotatable bonds is 7. The van der Waals surface area contributed by atoms with E-state index in [0.29, 0.717) is 0 Å². The Morgan fingerprint density at radius 1 is 0.625 bits per heavy atom. The maximum absolute atomic E-state index is 5.53. The molecule has 0 aromatic heterocycles. The van der Waals surface area contributed by atoms with Crippen LogP contribution in [0, 0.1) is 0 Å². The van der Waals surface area contributed by atoms with Crippen molar-refractivity contribution in [2.24, 2.45) is 0 Å². The van der Waals surface area contributed by atoms with Crippen molar-refractivity contribution in [2.75, 3.05) is 37.7 Å². The summed E-state index contributed by atoms with van der Waals surface area (Å²) in [6, 6.07) is 0. The van der Waals surface area contributed by atoms with Crippen LogP contribution in [0.1, 0.15) is 51.4 Å². The summed E-state index contributed by atoms with van der Waals surface area (Å²) >= 11 is 11.1. The predicted molar refractivity (Wildman–Crippen MR) is 125 cm³/mol. The number of hydrogen-bond acceptors (Lipinski definition) is 6. The van der Waals surface area contributed by atoms with Crippen LogP contribution in [0.2, 0.25) is 0 Å². The molecule has 0 aromatic carbocycles. The van der Waals surface area contributed by atoms with Gasteiger partial charge in [-0.2, -0.15) is 0 Å². The second-order valence-corrected chi connectivity index (χ2v) is 12.2. The SMILES string of the molecule is S=C(SSCCCCSSC(=S)N1CCCCC1)N1CCCCC1. The first-order valence-electron chi connectivity index (χ1n) is 8.94. The quantitative estimate of drug-likeness (QED) is 0.264. The van der Waals surface area contributed by atoms with Gasteiger partial charge in [-0.05, 0) is 73.0 Å². The molecule has 2 heterocycles. The van der Waals surface area contributed by atoms with Gasteiger partial charge in [0.1, 0.15) is 8.64 Å². The monoisotopic (exact) mass is 440 g/mol. The summed E-state index contributed by atoms with van der Waals surface area (Å²) in [6.07, 6.45) is 10.5. The summed E-state index contributed by atoms with van der Waals surface area (Å²) in [5.41, 5.74) is 0. The third-order valence-electron chi connectivity index (χ3n) is 4.19. The third kappa shape index (κ3) is 8.71. The molecule has 0 saturated carbocycles. The molecule has 0 aromatic rings. The van der Waals surface area contributed by atoms with E-state index in [-0.39, 0.29) is 0 Å². The summed E-state index contributed by atoms with van der Waals surface area (Å²) in [7, 11) is 7.46. The van der Waals surface area contributed by atoms with Gasteiger partial charge in [-0.1, -0.05) is 46.0 Å². The molecule has 138 valence electrons. The summed E-state index contributed by atoms with van der Waals surface area (Å²) in [5, 5.41) is 0. The number of unbranched alkanes of at least 4 members (excludes halogenated alkanes) is 1. The molecule has 0 spiro atoms. The molecule has 2 fully saturated rings. The lowest BCUT2D eigenvalue weighted by Gasteiger charge is -2.28. The van der Waals surface area contributed by atoms with Crippen molar-refractivity contribution < 1.29 is 0 Å².